The van der Waals surface area contributed by atoms with Crippen molar-refractivity contribution in [2.45, 2.75) is 39.7 Å². The third-order valence-electron chi connectivity index (χ3n) is 2.83. The topological polar surface area (TPSA) is 62.2 Å². The molecule has 5 heteroatoms. The Balaban J connectivity index is 2.90. The Labute approximate surface area is 112 Å². The highest BCUT2D eigenvalue weighted by atomic mass is 35.5. The summed E-state index contributed by atoms with van der Waals surface area (Å²) >= 11 is 6.01. The van der Waals surface area contributed by atoms with Crippen LogP contribution in [0.1, 0.15) is 41.4 Å². The molecular weight excluding hydrogens is 252 g/mol. The normalized spacial score (nSPS) is 12.3. The summed E-state index contributed by atoms with van der Waals surface area (Å²) in [6, 6.07) is 1.78. The summed E-state index contributed by atoms with van der Waals surface area (Å²) in [7, 11) is 0. The molecule has 1 amide bonds. The third-order valence-corrected chi connectivity index (χ3v) is 3.11. The molecule has 1 atom stereocenters. The maximum Gasteiger partial charge on any atom is 0.254 e. The first-order valence-electron chi connectivity index (χ1n) is 6.05. The number of nitrogens with one attached hydrogen (secondary N) is 1. The minimum absolute atomic E-state index is 0.0423. The predicted molar refractivity (Wildman–Crippen MR) is 72.0 cm³/mol. The van der Waals surface area contributed by atoms with Crippen molar-refractivity contribution in [2.75, 3.05) is 6.61 Å². The van der Waals surface area contributed by atoms with Crippen molar-refractivity contribution in [3.8, 4) is 0 Å². The van der Waals surface area contributed by atoms with Crippen LogP contribution in [0.25, 0.3) is 0 Å². The molecule has 0 radical (unpaired) electrons. The zero-order valence-electron chi connectivity index (χ0n) is 11.0. The minimum Gasteiger partial charge on any atom is -0.396 e. The number of aromatic nitrogens is 1. The lowest BCUT2D eigenvalue weighted by molar-refractivity contribution is 0.0928. The van der Waals surface area contributed by atoms with E-state index in [2.05, 4.69) is 10.3 Å². The summed E-state index contributed by atoms with van der Waals surface area (Å²) < 4.78 is 0. The van der Waals surface area contributed by atoms with Gasteiger partial charge in [-0.15, -0.1) is 0 Å². The van der Waals surface area contributed by atoms with Gasteiger partial charge in [0, 0.05) is 18.3 Å². The first kappa shape index (κ1) is 14.9. The molecule has 0 aliphatic rings. The average Bonchev–Trinajstić information content (AvgIpc) is 2.26. The monoisotopic (exact) mass is 270 g/mol. The number of hydrogen-bond donors (Lipinski definition) is 2. The van der Waals surface area contributed by atoms with Crippen LogP contribution in [0.3, 0.4) is 0 Å². The maximum absolute atomic E-state index is 12.1. The molecule has 0 aliphatic carbocycles. The van der Waals surface area contributed by atoms with Gasteiger partial charge in [0.15, 0.2) is 0 Å². The molecule has 4 nitrogen and oxygen atoms in total. The molecule has 18 heavy (non-hydrogen) atoms. The van der Waals surface area contributed by atoms with E-state index in [9.17, 15) is 4.79 Å². The van der Waals surface area contributed by atoms with E-state index in [1.54, 1.807) is 0 Å². The highest BCUT2D eigenvalue weighted by molar-refractivity contribution is 6.32. The Bertz CT molecular complexity index is 412. The van der Waals surface area contributed by atoms with Gasteiger partial charge in [-0.1, -0.05) is 18.5 Å². The van der Waals surface area contributed by atoms with Crippen molar-refractivity contribution < 1.29 is 9.90 Å². The van der Waals surface area contributed by atoms with Crippen molar-refractivity contribution in [1.82, 2.24) is 10.3 Å². The fourth-order valence-corrected chi connectivity index (χ4v) is 2.22. The molecule has 1 aromatic rings. The zero-order valence-corrected chi connectivity index (χ0v) is 11.7. The van der Waals surface area contributed by atoms with E-state index in [-0.39, 0.29) is 23.7 Å². The molecule has 1 aromatic heterocycles. The molecule has 100 valence electrons. The summed E-state index contributed by atoms with van der Waals surface area (Å²) in [6.07, 6.45) is 1.31. The number of nitrogens with zero attached hydrogens (tertiary/aromatic N) is 1. The maximum atomic E-state index is 12.1. The van der Waals surface area contributed by atoms with E-state index in [0.29, 0.717) is 12.0 Å². The van der Waals surface area contributed by atoms with E-state index in [0.717, 1.165) is 17.7 Å². The average molecular weight is 271 g/mol. The highest BCUT2D eigenvalue weighted by Gasteiger charge is 2.18. The summed E-state index contributed by atoms with van der Waals surface area (Å²) in [4.78, 5) is 16.2. The number of rotatable bonds is 5. The van der Waals surface area contributed by atoms with Gasteiger partial charge in [0.2, 0.25) is 0 Å². The van der Waals surface area contributed by atoms with Gasteiger partial charge in [0.1, 0.15) is 5.15 Å². The molecule has 0 saturated carbocycles. The SMILES string of the molecule is CCC(CCO)NC(=O)c1c(C)cc(C)nc1Cl. The van der Waals surface area contributed by atoms with Gasteiger partial charge in [-0.3, -0.25) is 4.79 Å². The van der Waals surface area contributed by atoms with Crippen LogP contribution in [-0.2, 0) is 0 Å². The van der Waals surface area contributed by atoms with Crippen molar-refractivity contribution >= 4 is 17.5 Å². The van der Waals surface area contributed by atoms with Gasteiger partial charge in [-0.05, 0) is 38.3 Å². The number of pyridine rings is 1. The van der Waals surface area contributed by atoms with Gasteiger partial charge in [0.25, 0.3) is 5.91 Å². The minimum atomic E-state index is -0.231. The lowest BCUT2D eigenvalue weighted by Crippen LogP contribution is -2.35. The van der Waals surface area contributed by atoms with Crippen LogP contribution < -0.4 is 5.32 Å². The first-order chi connectivity index (χ1) is 8.49. The van der Waals surface area contributed by atoms with Crippen LogP contribution in [-0.4, -0.2) is 28.6 Å². The number of aliphatic hydroxyl groups is 1. The van der Waals surface area contributed by atoms with Crippen molar-refractivity contribution in [1.29, 1.82) is 0 Å². The molecule has 0 aromatic carbocycles. The number of aliphatic hydroxyl groups excluding tert-OH is 1. The van der Waals surface area contributed by atoms with Crippen molar-refractivity contribution in [3.63, 3.8) is 0 Å². The summed E-state index contributed by atoms with van der Waals surface area (Å²) in [5.41, 5.74) is 2.01. The number of carbonyl (C=O) groups is 1. The molecule has 1 unspecified atom stereocenters. The molecule has 0 saturated heterocycles. The van der Waals surface area contributed by atoms with Gasteiger partial charge < -0.3 is 10.4 Å². The Hall–Kier alpha value is -1.13. The Morgan fingerprint density at radius 3 is 2.72 bits per heavy atom. The number of amides is 1. The molecule has 0 spiro atoms. The van der Waals surface area contributed by atoms with Crippen LogP contribution in [0.2, 0.25) is 5.15 Å². The molecule has 0 fully saturated rings. The van der Waals surface area contributed by atoms with Crippen LogP contribution >= 0.6 is 11.6 Å². The third kappa shape index (κ3) is 3.68. The quantitative estimate of drug-likeness (QED) is 0.807. The zero-order chi connectivity index (χ0) is 13.7. The van der Waals surface area contributed by atoms with Gasteiger partial charge in [0.05, 0.1) is 5.56 Å². The summed E-state index contributed by atoms with van der Waals surface area (Å²) in [6.45, 7) is 5.68. The van der Waals surface area contributed by atoms with E-state index >= 15 is 0 Å². The van der Waals surface area contributed by atoms with Crippen LogP contribution in [0.5, 0.6) is 0 Å². The van der Waals surface area contributed by atoms with Gasteiger partial charge in [-0.2, -0.15) is 0 Å². The summed E-state index contributed by atoms with van der Waals surface area (Å²) in [5.74, 6) is -0.231. The molecular formula is C13H19ClN2O2. The molecule has 1 heterocycles. The van der Waals surface area contributed by atoms with Crippen molar-refractivity contribution in [2.24, 2.45) is 0 Å². The molecule has 0 aliphatic heterocycles. The summed E-state index contributed by atoms with van der Waals surface area (Å²) in [5, 5.41) is 12.0. The molecule has 2 N–H and O–H groups in total. The fraction of sp³-hybridized carbons (Fsp3) is 0.538. The van der Waals surface area contributed by atoms with Crippen LogP contribution in [0.15, 0.2) is 6.07 Å². The smallest absolute Gasteiger partial charge is 0.254 e. The van der Waals surface area contributed by atoms with Crippen LogP contribution in [0.4, 0.5) is 0 Å². The number of carbonyl (C=O) groups excluding carboxylic acids is 1. The second-order valence-electron chi connectivity index (χ2n) is 4.34. The Kier molecular flexibility index (Phi) is 5.56. The van der Waals surface area contributed by atoms with E-state index in [4.69, 9.17) is 16.7 Å². The number of hydrogen-bond acceptors (Lipinski definition) is 3. The second-order valence-corrected chi connectivity index (χ2v) is 4.70. The lowest BCUT2D eigenvalue weighted by Gasteiger charge is -2.17. The standard InChI is InChI=1S/C13H19ClN2O2/c1-4-10(5-6-17)16-13(18)11-8(2)7-9(3)15-12(11)14/h7,10,17H,4-6H2,1-3H3,(H,16,18). The Morgan fingerprint density at radius 1 is 1.56 bits per heavy atom. The van der Waals surface area contributed by atoms with E-state index in [1.165, 1.54) is 0 Å². The van der Waals surface area contributed by atoms with Crippen LogP contribution in [0, 0.1) is 13.8 Å². The highest BCUT2D eigenvalue weighted by Crippen LogP contribution is 2.19. The van der Waals surface area contributed by atoms with E-state index < -0.39 is 0 Å². The van der Waals surface area contributed by atoms with Gasteiger partial charge in [-0.25, -0.2) is 4.98 Å². The molecule has 1 rings (SSSR count). The first-order valence-corrected chi connectivity index (χ1v) is 6.42. The van der Waals surface area contributed by atoms with Gasteiger partial charge >= 0.3 is 0 Å². The largest absolute Gasteiger partial charge is 0.396 e. The Morgan fingerprint density at radius 2 is 2.22 bits per heavy atom. The van der Waals surface area contributed by atoms with E-state index in [1.807, 2.05) is 26.8 Å². The fourth-order valence-electron chi connectivity index (χ4n) is 1.86. The molecule has 0 bridgehead atoms. The number of halogens is 1. The number of aryl methyl sites for hydroxylation is 2. The predicted octanol–water partition coefficient (Wildman–Crippen LogP) is 2.24. The lowest BCUT2D eigenvalue weighted by atomic mass is 10.1. The second kappa shape index (κ2) is 6.71. The van der Waals surface area contributed by atoms with Crippen molar-refractivity contribution in [3.05, 3.63) is 28.0 Å².